The number of carbonyl (C=O) groups is 1. The highest BCUT2D eigenvalue weighted by Gasteiger charge is 2.37. The minimum Gasteiger partial charge on any atom is -0.377 e. The number of carbonyl (C=O) groups excluding carboxylic acids is 1. The number of nitrogens with zero attached hydrogens (tertiary/aromatic N) is 1. The van der Waals surface area contributed by atoms with Crippen molar-refractivity contribution in [3.05, 3.63) is 23.8 Å². The topological polar surface area (TPSA) is 53.6 Å². The van der Waals surface area contributed by atoms with E-state index in [4.69, 9.17) is 4.74 Å². The summed E-state index contributed by atoms with van der Waals surface area (Å²) in [5, 5.41) is 5.96. The van der Waals surface area contributed by atoms with Crippen LogP contribution in [0.5, 0.6) is 0 Å². The van der Waals surface area contributed by atoms with Gasteiger partial charge in [-0.05, 0) is 36.0 Å². The van der Waals surface area contributed by atoms with Crippen molar-refractivity contribution in [1.82, 2.24) is 5.32 Å². The van der Waals surface area contributed by atoms with Crippen LogP contribution < -0.4 is 15.5 Å². The van der Waals surface area contributed by atoms with Gasteiger partial charge in [0.05, 0.1) is 6.10 Å². The van der Waals surface area contributed by atoms with Crippen molar-refractivity contribution in [2.75, 3.05) is 37.0 Å². The van der Waals surface area contributed by atoms with Gasteiger partial charge in [0.25, 0.3) is 0 Å². The van der Waals surface area contributed by atoms with E-state index in [-0.39, 0.29) is 17.6 Å². The molecule has 2 aliphatic heterocycles. The third-order valence-corrected chi connectivity index (χ3v) is 5.06. The molecule has 1 aromatic carbocycles. The van der Waals surface area contributed by atoms with Crippen LogP contribution in [-0.4, -0.2) is 38.9 Å². The number of ether oxygens (including phenoxy) is 1. The molecule has 132 valence electrons. The van der Waals surface area contributed by atoms with E-state index >= 15 is 0 Å². The maximum atomic E-state index is 12.2. The van der Waals surface area contributed by atoms with Gasteiger partial charge in [-0.15, -0.1) is 0 Å². The molecule has 2 aliphatic rings. The quantitative estimate of drug-likeness (QED) is 0.894. The second-order valence-corrected chi connectivity index (χ2v) is 8.06. The van der Waals surface area contributed by atoms with Crippen molar-refractivity contribution >= 4 is 17.4 Å². The largest absolute Gasteiger partial charge is 0.377 e. The Kier molecular flexibility index (Phi) is 4.72. The molecule has 2 amide bonds. The lowest BCUT2D eigenvalue weighted by Gasteiger charge is -2.31. The molecule has 1 fully saturated rings. The van der Waals surface area contributed by atoms with E-state index in [1.807, 2.05) is 6.07 Å². The number of urea groups is 1. The number of benzene rings is 1. The molecule has 0 aliphatic carbocycles. The minimum atomic E-state index is -0.143. The molecule has 0 aromatic heterocycles. The number of likely N-dealkylation sites (N-methyl/N-ethyl adjacent to an activating group) is 1. The standard InChI is InChI=1S/C19H29N3O2/c1-19(2,3)17-14(8-10-24-17)12-20-18(23)21-15-6-5-13-7-9-22(4)16(13)11-15/h5-6,11,14,17H,7-10,12H2,1-4H3,(H2,20,21,23)/t14-,17+/m1/s1. The SMILES string of the molecule is CN1CCc2ccc(NC(=O)NC[C@H]3CCO[C@@H]3C(C)(C)C)cc21. The van der Waals surface area contributed by atoms with Gasteiger partial charge >= 0.3 is 6.03 Å². The lowest BCUT2D eigenvalue weighted by Crippen LogP contribution is -2.40. The lowest BCUT2D eigenvalue weighted by molar-refractivity contribution is 0.00782. The molecule has 2 N–H and O–H groups in total. The summed E-state index contributed by atoms with van der Waals surface area (Å²) in [5.41, 5.74) is 3.50. The first-order chi connectivity index (χ1) is 11.3. The van der Waals surface area contributed by atoms with Gasteiger partial charge in [-0.1, -0.05) is 26.8 Å². The van der Waals surface area contributed by atoms with E-state index < -0.39 is 0 Å². The molecule has 1 aromatic rings. The molecule has 5 heteroatoms. The Balaban J connectivity index is 1.54. The molecule has 0 radical (unpaired) electrons. The second kappa shape index (κ2) is 6.63. The molecule has 0 bridgehead atoms. The van der Waals surface area contributed by atoms with Crippen LogP contribution in [0.15, 0.2) is 18.2 Å². The minimum absolute atomic E-state index is 0.101. The highest BCUT2D eigenvalue weighted by Crippen LogP contribution is 2.34. The van der Waals surface area contributed by atoms with Gasteiger partial charge in [-0.25, -0.2) is 4.79 Å². The maximum Gasteiger partial charge on any atom is 0.319 e. The predicted octanol–water partition coefficient (Wildman–Crippen LogP) is 3.25. The van der Waals surface area contributed by atoms with E-state index in [2.05, 4.69) is 55.5 Å². The third kappa shape index (κ3) is 3.66. The van der Waals surface area contributed by atoms with Crippen molar-refractivity contribution in [3.63, 3.8) is 0 Å². The molecule has 0 saturated carbocycles. The number of amides is 2. The van der Waals surface area contributed by atoms with E-state index in [1.165, 1.54) is 11.3 Å². The molecule has 5 nitrogen and oxygen atoms in total. The number of nitrogens with one attached hydrogen (secondary N) is 2. The van der Waals surface area contributed by atoms with Crippen LogP contribution in [0.1, 0.15) is 32.8 Å². The molecular weight excluding hydrogens is 302 g/mol. The fourth-order valence-corrected chi connectivity index (χ4v) is 3.82. The summed E-state index contributed by atoms with van der Waals surface area (Å²) in [5.74, 6) is 0.377. The summed E-state index contributed by atoms with van der Waals surface area (Å²) in [6.45, 7) is 9.05. The Labute approximate surface area is 144 Å². The molecule has 0 spiro atoms. The fraction of sp³-hybridized carbons (Fsp3) is 0.632. The summed E-state index contributed by atoms with van der Waals surface area (Å²) in [7, 11) is 2.09. The van der Waals surface area contributed by atoms with Crippen LogP contribution in [0.25, 0.3) is 0 Å². The first kappa shape index (κ1) is 17.1. The molecule has 2 atom stereocenters. The molecule has 1 saturated heterocycles. The van der Waals surface area contributed by atoms with Crippen molar-refractivity contribution in [1.29, 1.82) is 0 Å². The van der Waals surface area contributed by atoms with Gasteiger partial charge in [0.1, 0.15) is 0 Å². The number of hydrogen-bond donors (Lipinski definition) is 2. The normalized spacial score (nSPS) is 23.2. The van der Waals surface area contributed by atoms with Crippen LogP contribution in [0.3, 0.4) is 0 Å². The van der Waals surface area contributed by atoms with Gasteiger partial charge in [0.15, 0.2) is 0 Å². The van der Waals surface area contributed by atoms with Crippen molar-refractivity contribution in [2.24, 2.45) is 11.3 Å². The molecule has 24 heavy (non-hydrogen) atoms. The summed E-state index contributed by atoms with van der Waals surface area (Å²) in [4.78, 5) is 14.5. The zero-order valence-corrected chi connectivity index (χ0v) is 15.2. The molecule has 3 rings (SSSR count). The fourth-order valence-electron chi connectivity index (χ4n) is 3.82. The molecular formula is C19H29N3O2. The summed E-state index contributed by atoms with van der Waals surface area (Å²) >= 11 is 0. The average molecular weight is 331 g/mol. The first-order valence-corrected chi connectivity index (χ1v) is 8.85. The summed E-state index contributed by atoms with van der Waals surface area (Å²) < 4.78 is 5.87. The van der Waals surface area contributed by atoms with E-state index in [0.717, 1.165) is 31.7 Å². The Morgan fingerprint density at radius 3 is 2.92 bits per heavy atom. The van der Waals surface area contributed by atoms with Crippen molar-refractivity contribution < 1.29 is 9.53 Å². The zero-order valence-electron chi connectivity index (χ0n) is 15.2. The van der Waals surface area contributed by atoms with Crippen LogP contribution in [-0.2, 0) is 11.2 Å². The Hall–Kier alpha value is -1.75. The van der Waals surface area contributed by atoms with E-state index in [9.17, 15) is 4.79 Å². The van der Waals surface area contributed by atoms with Gasteiger partial charge in [0, 0.05) is 44.0 Å². The zero-order chi connectivity index (χ0) is 17.3. The van der Waals surface area contributed by atoms with Gasteiger partial charge < -0.3 is 20.3 Å². The highest BCUT2D eigenvalue weighted by atomic mass is 16.5. The number of fused-ring (bicyclic) bond motifs is 1. The number of rotatable bonds is 3. The van der Waals surface area contributed by atoms with Gasteiger partial charge in [0.2, 0.25) is 0 Å². The van der Waals surface area contributed by atoms with E-state index in [0.29, 0.717) is 12.5 Å². The number of anilines is 2. The lowest BCUT2D eigenvalue weighted by atomic mass is 9.81. The monoisotopic (exact) mass is 331 g/mol. The Bertz CT molecular complexity index is 609. The molecule has 2 heterocycles. The molecule has 0 unspecified atom stereocenters. The third-order valence-electron chi connectivity index (χ3n) is 5.06. The van der Waals surface area contributed by atoms with E-state index in [1.54, 1.807) is 0 Å². The van der Waals surface area contributed by atoms with Crippen LogP contribution in [0, 0.1) is 11.3 Å². The van der Waals surface area contributed by atoms with Crippen LogP contribution in [0.2, 0.25) is 0 Å². The summed E-state index contributed by atoms with van der Waals surface area (Å²) in [6.07, 6.45) is 2.28. The Morgan fingerprint density at radius 2 is 2.17 bits per heavy atom. The Morgan fingerprint density at radius 1 is 1.38 bits per heavy atom. The van der Waals surface area contributed by atoms with Crippen molar-refractivity contribution in [3.8, 4) is 0 Å². The summed E-state index contributed by atoms with van der Waals surface area (Å²) in [6, 6.07) is 6.00. The smallest absolute Gasteiger partial charge is 0.319 e. The van der Waals surface area contributed by atoms with Gasteiger partial charge in [-0.2, -0.15) is 0 Å². The van der Waals surface area contributed by atoms with Crippen molar-refractivity contribution in [2.45, 2.75) is 39.7 Å². The average Bonchev–Trinajstić information content (AvgIpc) is 3.12. The first-order valence-electron chi connectivity index (χ1n) is 8.85. The van der Waals surface area contributed by atoms with Gasteiger partial charge in [-0.3, -0.25) is 0 Å². The maximum absolute atomic E-state index is 12.2. The highest BCUT2D eigenvalue weighted by molar-refractivity contribution is 5.90. The second-order valence-electron chi connectivity index (χ2n) is 8.06. The van der Waals surface area contributed by atoms with Crippen LogP contribution >= 0.6 is 0 Å². The number of hydrogen-bond acceptors (Lipinski definition) is 3. The van der Waals surface area contributed by atoms with Crippen LogP contribution in [0.4, 0.5) is 16.2 Å². The predicted molar refractivity (Wildman–Crippen MR) is 97.7 cm³/mol.